The summed E-state index contributed by atoms with van der Waals surface area (Å²) in [7, 11) is 0. The molecule has 0 radical (unpaired) electrons. The number of fused-ring (bicyclic) bond motifs is 4. The SMILES string of the molecule is O=C(Cn1cnc2sc3c(c2c1=O)CCC3)N[C@H]1CCCc2ccccc21. The molecule has 6 heteroatoms. The van der Waals surface area contributed by atoms with Gasteiger partial charge in [0.05, 0.1) is 17.8 Å². The van der Waals surface area contributed by atoms with Crippen LogP contribution in [0.25, 0.3) is 10.2 Å². The van der Waals surface area contributed by atoms with Crippen molar-refractivity contribution in [2.45, 2.75) is 51.1 Å². The van der Waals surface area contributed by atoms with Gasteiger partial charge in [0.1, 0.15) is 11.4 Å². The van der Waals surface area contributed by atoms with E-state index in [1.54, 1.807) is 11.3 Å². The van der Waals surface area contributed by atoms with Crippen molar-refractivity contribution in [3.8, 4) is 0 Å². The maximum atomic E-state index is 12.9. The summed E-state index contributed by atoms with van der Waals surface area (Å²) in [5.41, 5.74) is 3.58. The molecular weight excluding hydrogens is 358 g/mol. The molecule has 0 saturated carbocycles. The second-order valence-corrected chi connectivity index (χ2v) is 8.51. The lowest BCUT2D eigenvalue weighted by molar-refractivity contribution is -0.122. The number of nitrogens with zero attached hydrogens (tertiary/aromatic N) is 2. The molecule has 5 nitrogen and oxygen atoms in total. The average molecular weight is 379 g/mol. The number of carbonyl (C=O) groups is 1. The Labute approximate surface area is 161 Å². The Bertz CT molecular complexity index is 1100. The largest absolute Gasteiger partial charge is 0.348 e. The molecule has 0 bridgehead atoms. The Morgan fingerprint density at radius 3 is 3.04 bits per heavy atom. The zero-order chi connectivity index (χ0) is 18.4. The van der Waals surface area contributed by atoms with Gasteiger partial charge in [-0.2, -0.15) is 0 Å². The third-order valence-corrected chi connectivity index (χ3v) is 6.91. The highest BCUT2D eigenvalue weighted by Crippen LogP contribution is 2.34. The van der Waals surface area contributed by atoms with E-state index >= 15 is 0 Å². The van der Waals surface area contributed by atoms with E-state index in [2.05, 4.69) is 22.4 Å². The molecule has 1 N–H and O–H groups in total. The second-order valence-electron chi connectivity index (χ2n) is 7.43. The van der Waals surface area contributed by atoms with E-state index in [9.17, 15) is 9.59 Å². The van der Waals surface area contributed by atoms with Crippen molar-refractivity contribution < 1.29 is 4.79 Å². The van der Waals surface area contributed by atoms with Crippen molar-refractivity contribution in [2.75, 3.05) is 0 Å². The van der Waals surface area contributed by atoms with Crippen LogP contribution in [0.1, 0.15) is 46.9 Å². The lowest BCUT2D eigenvalue weighted by Gasteiger charge is -2.26. The highest BCUT2D eigenvalue weighted by Gasteiger charge is 2.23. The molecule has 1 atom stereocenters. The van der Waals surface area contributed by atoms with Gasteiger partial charge >= 0.3 is 0 Å². The summed E-state index contributed by atoms with van der Waals surface area (Å²) in [4.78, 5) is 32.1. The summed E-state index contributed by atoms with van der Waals surface area (Å²) < 4.78 is 1.46. The maximum Gasteiger partial charge on any atom is 0.262 e. The molecule has 2 aromatic heterocycles. The van der Waals surface area contributed by atoms with Crippen LogP contribution in [0.5, 0.6) is 0 Å². The van der Waals surface area contributed by atoms with Crippen molar-refractivity contribution in [1.29, 1.82) is 0 Å². The lowest BCUT2D eigenvalue weighted by atomic mass is 9.88. The first-order valence-corrected chi connectivity index (χ1v) is 10.4. The molecule has 0 fully saturated rings. The molecule has 0 aliphatic heterocycles. The third-order valence-electron chi connectivity index (χ3n) is 5.71. The van der Waals surface area contributed by atoms with Gasteiger partial charge in [0.25, 0.3) is 5.56 Å². The number of hydrogen-bond donors (Lipinski definition) is 1. The van der Waals surface area contributed by atoms with E-state index in [1.807, 2.05) is 12.1 Å². The lowest BCUT2D eigenvalue weighted by Crippen LogP contribution is -2.36. The molecule has 0 saturated heterocycles. The van der Waals surface area contributed by atoms with E-state index < -0.39 is 0 Å². The van der Waals surface area contributed by atoms with Crippen molar-refractivity contribution in [3.63, 3.8) is 0 Å². The Hall–Kier alpha value is -2.47. The predicted octanol–water partition coefficient (Wildman–Crippen LogP) is 3.14. The van der Waals surface area contributed by atoms with E-state index in [0.717, 1.165) is 54.3 Å². The molecule has 0 unspecified atom stereocenters. The number of thiophene rings is 1. The molecule has 2 heterocycles. The highest BCUT2D eigenvalue weighted by molar-refractivity contribution is 7.18. The first-order chi connectivity index (χ1) is 13.2. The van der Waals surface area contributed by atoms with Crippen molar-refractivity contribution in [1.82, 2.24) is 14.9 Å². The second kappa shape index (κ2) is 6.60. The molecule has 2 aliphatic rings. The van der Waals surface area contributed by atoms with Crippen LogP contribution in [0.15, 0.2) is 35.4 Å². The van der Waals surface area contributed by atoms with Crippen LogP contribution in [-0.2, 0) is 30.6 Å². The number of benzene rings is 1. The first-order valence-electron chi connectivity index (χ1n) is 9.57. The first kappa shape index (κ1) is 16.7. The Kier molecular flexibility index (Phi) is 4.08. The van der Waals surface area contributed by atoms with Crippen molar-refractivity contribution >= 4 is 27.5 Å². The van der Waals surface area contributed by atoms with Gasteiger partial charge in [0, 0.05) is 4.88 Å². The number of aryl methyl sites for hydroxylation is 3. The quantitative estimate of drug-likeness (QED) is 0.760. The zero-order valence-corrected chi connectivity index (χ0v) is 15.8. The normalized spacial score (nSPS) is 18.3. The smallest absolute Gasteiger partial charge is 0.262 e. The summed E-state index contributed by atoms with van der Waals surface area (Å²) in [5.74, 6) is -0.133. The van der Waals surface area contributed by atoms with Crippen LogP contribution >= 0.6 is 11.3 Å². The topological polar surface area (TPSA) is 64.0 Å². The summed E-state index contributed by atoms with van der Waals surface area (Å²) in [6.07, 6.45) is 7.67. The fraction of sp³-hybridized carbons (Fsp3) is 0.381. The number of carbonyl (C=O) groups excluding carboxylic acids is 1. The van der Waals surface area contributed by atoms with Crippen LogP contribution in [0.4, 0.5) is 0 Å². The van der Waals surface area contributed by atoms with Crippen LogP contribution in [0.3, 0.4) is 0 Å². The van der Waals surface area contributed by atoms with Gasteiger partial charge in [-0.15, -0.1) is 11.3 Å². The summed E-state index contributed by atoms with van der Waals surface area (Å²) in [6, 6.07) is 8.31. The minimum Gasteiger partial charge on any atom is -0.348 e. The van der Waals surface area contributed by atoms with Gasteiger partial charge in [-0.1, -0.05) is 24.3 Å². The molecule has 27 heavy (non-hydrogen) atoms. The van der Waals surface area contributed by atoms with Crippen molar-refractivity contribution in [2.24, 2.45) is 0 Å². The minimum absolute atomic E-state index is 0.0189. The van der Waals surface area contributed by atoms with Crippen molar-refractivity contribution in [3.05, 3.63) is 62.5 Å². The molecule has 138 valence electrons. The standard InChI is InChI=1S/C21H21N3O2S/c25-18(23-16-9-3-6-13-5-1-2-7-14(13)16)11-24-12-22-20-19(21(24)26)15-8-4-10-17(15)27-20/h1-2,5,7,12,16H,3-4,6,8-11H2,(H,23,25)/t16-/m0/s1. The van der Waals surface area contributed by atoms with Crippen LogP contribution < -0.4 is 10.9 Å². The summed E-state index contributed by atoms with van der Waals surface area (Å²) in [5, 5.41) is 3.85. The minimum atomic E-state index is -0.133. The fourth-order valence-electron chi connectivity index (χ4n) is 4.43. The Morgan fingerprint density at radius 2 is 2.11 bits per heavy atom. The van der Waals surface area contributed by atoms with Gasteiger partial charge in [-0.05, 0) is 55.2 Å². The fourth-order valence-corrected chi connectivity index (χ4v) is 5.65. The van der Waals surface area contributed by atoms with E-state index in [1.165, 1.54) is 26.9 Å². The highest BCUT2D eigenvalue weighted by atomic mass is 32.1. The van der Waals surface area contributed by atoms with Gasteiger partial charge in [-0.3, -0.25) is 14.2 Å². The predicted molar refractivity (Wildman–Crippen MR) is 106 cm³/mol. The maximum absolute atomic E-state index is 12.9. The van der Waals surface area contributed by atoms with Crippen LogP contribution in [-0.4, -0.2) is 15.5 Å². The molecule has 1 aromatic carbocycles. The summed E-state index contributed by atoms with van der Waals surface area (Å²) >= 11 is 1.62. The number of hydrogen-bond acceptors (Lipinski definition) is 4. The van der Waals surface area contributed by atoms with Gasteiger partial charge in [0.2, 0.25) is 5.91 Å². The number of rotatable bonds is 3. The van der Waals surface area contributed by atoms with Gasteiger partial charge in [0.15, 0.2) is 0 Å². The summed E-state index contributed by atoms with van der Waals surface area (Å²) in [6.45, 7) is 0.0189. The molecule has 0 spiro atoms. The van der Waals surface area contributed by atoms with Gasteiger partial charge in [-0.25, -0.2) is 4.98 Å². The van der Waals surface area contributed by atoms with E-state index in [-0.39, 0.29) is 24.1 Å². The molecule has 1 amide bonds. The molecular formula is C21H21N3O2S. The Balaban J connectivity index is 1.39. The Morgan fingerprint density at radius 1 is 1.22 bits per heavy atom. The number of nitrogens with one attached hydrogen (secondary N) is 1. The van der Waals surface area contributed by atoms with Crippen LogP contribution in [0, 0.1) is 0 Å². The monoisotopic (exact) mass is 379 g/mol. The van der Waals surface area contributed by atoms with Gasteiger partial charge < -0.3 is 5.32 Å². The molecule has 5 rings (SSSR count). The van der Waals surface area contributed by atoms with E-state index in [4.69, 9.17) is 0 Å². The number of amides is 1. The van der Waals surface area contributed by atoms with E-state index in [0.29, 0.717) is 0 Å². The van der Waals surface area contributed by atoms with Crippen LogP contribution in [0.2, 0.25) is 0 Å². The zero-order valence-electron chi connectivity index (χ0n) is 15.0. The third kappa shape index (κ3) is 2.88. The average Bonchev–Trinajstić information content (AvgIpc) is 3.25. The number of aromatic nitrogens is 2. The molecule has 2 aliphatic carbocycles. The molecule has 3 aromatic rings.